The van der Waals surface area contributed by atoms with Crippen LogP contribution in [0.3, 0.4) is 0 Å². The molecule has 0 amide bonds. The first-order valence-electron chi connectivity index (χ1n) is 7.63. The fourth-order valence-corrected chi connectivity index (χ4v) is 1.81. The highest BCUT2D eigenvalue weighted by Crippen LogP contribution is 2.03. The van der Waals surface area contributed by atoms with Gasteiger partial charge in [0, 0.05) is 19.8 Å². The third-order valence-corrected chi connectivity index (χ3v) is 3.12. The van der Waals surface area contributed by atoms with E-state index in [4.69, 9.17) is 9.84 Å². The molecular formula is C15H33NO3. The molecule has 0 saturated carbocycles. The average molecular weight is 275 g/mol. The fourth-order valence-electron chi connectivity index (χ4n) is 1.81. The summed E-state index contributed by atoms with van der Waals surface area (Å²) in [4.78, 5) is 0. The summed E-state index contributed by atoms with van der Waals surface area (Å²) >= 11 is 0. The minimum absolute atomic E-state index is 0.257. The maximum absolute atomic E-state index is 9.68. The lowest BCUT2D eigenvalue weighted by Crippen LogP contribution is -2.31. The van der Waals surface area contributed by atoms with Crippen molar-refractivity contribution in [1.29, 1.82) is 0 Å². The molecule has 0 spiro atoms. The van der Waals surface area contributed by atoms with E-state index in [2.05, 4.69) is 19.2 Å². The molecule has 0 fully saturated rings. The van der Waals surface area contributed by atoms with E-state index < -0.39 is 6.10 Å². The molecule has 0 aromatic carbocycles. The fraction of sp³-hybridized carbons (Fsp3) is 1.00. The van der Waals surface area contributed by atoms with Gasteiger partial charge in [0.25, 0.3) is 0 Å². The van der Waals surface area contributed by atoms with Crippen LogP contribution < -0.4 is 5.32 Å². The smallest absolute Gasteiger partial charge is 0.0897 e. The van der Waals surface area contributed by atoms with Crippen LogP contribution in [0.5, 0.6) is 0 Å². The molecule has 19 heavy (non-hydrogen) atoms. The first kappa shape index (κ1) is 18.8. The Morgan fingerprint density at radius 3 is 2.47 bits per heavy atom. The lowest BCUT2D eigenvalue weighted by molar-refractivity contribution is 0.0348. The first-order valence-corrected chi connectivity index (χ1v) is 7.63. The topological polar surface area (TPSA) is 61.7 Å². The number of aliphatic hydroxyl groups excluding tert-OH is 2. The lowest BCUT2D eigenvalue weighted by Gasteiger charge is -2.13. The zero-order valence-corrected chi connectivity index (χ0v) is 12.9. The summed E-state index contributed by atoms with van der Waals surface area (Å²) in [5.41, 5.74) is 0. The highest BCUT2D eigenvalue weighted by molar-refractivity contribution is 4.60. The third-order valence-electron chi connectivity index (χ3n) is 3.12. The number of ether oxygens (including phenoxy) is 1. The van der Waals surface area contributed by atoms with E-state index in [1.54, 1.807) is 0 Å². The standard InChI is InChI=1S/C15H33NO3/c1-13(2)6-5-9-19-12-15(18)10-16-8-4-7-14(3)11-17/h13-18H,4-12H2,1-3H3. The summed E-state index contributed by atoms with van der Waals surface area (Å²) in [6.45, 7) is 9.33. The Hall–Kier alpha value is -0.160. The van der Waals surface area contributed by atoms with E-state index >= 15 is 0 Å². The van der Waals surface area contributed by atoms with Crippen molar-refractivity contribution in [3.63, 3.8) is 0 Å². The second-order valence-electron chi connectivity index (χ2n) is 5.90. The van der Waals surface area contributed by atoms with Gasteiger partial charge in [-0.1, -0.05) is 20.8 Å². The minimum Gasteiger partial charge on any atom is -0.396 e. The van der Waals surface area contributed by atoms with Crippen molar-refractivity contribution in [3.8, 4) is 0 Å². The van der Waals surface area contributed by atoms with Crippen molar-refractivity contribution in [2.24, 2.45) is 11.8 Å². The van der Waals surface area contributed by atoms with Gasteiger partial charge in [0.05, 0.1) is 12.7 Å². The number of hydrogen-bond acceptors (Lipinski definition) is 4. The van der Waals surface area contributed by atoms with Crippen molar-refractivity contribution in [2.75, 3.05) is 32.9 Å². The second-order valence-corrected chi connectivity index (χ2v) is 5.90. The van der Waals surface area contributed by atoms with Crippen molar-refractivity contribution < 1.29 is 14.9 Å². The monoisotopic (exact) mass is 275 g/mol. The number of aliphatic hydroxyl groups is 2. The highest BCUT2D eigenvalue weighted by Gasteiger charge is 2.04. The summed E-state index contributed by atoms with van der Waals surface area (Å²) in [6.07, 6.45) is 3.87. The summed E-state index contributed by atoms with van der Waals surface area (Å²) < 4.78 is 5.44. The molecule has 0 saturated heterocycles. The normalized spacial score (nSPS) is 14.8. The van der Waals surface area contributed by atoms with Crippen LogP contribution in [0.15, 0.2) is 0 Å². The molecule has 0 radical (unpaired) electrons. The van der Waals surface area contributed by atoms with Crippen LogP contribution in [0.25, 0.3) is 0 Å². The maximum atomic E-state index is 9.68. The Balaban J connectivity index is 3.23. The highest BCUT2D eigenvalue weighted by atomic mass is 16.5. The lowest BCUT2D eigenvalue weighted by atomic mass is 10.1. The van der Waals surface area contributed by atoms with Gasteiger partial charge in [-0.05, 0) is 44.1 Å². The molecule has 0 aliphatic heterocycles. The van der Waals surface area contributed by atoms with Gasteiger partial charge >= 0.3 is 0 Å². The number of hydrogen-bond donors (Lipinski definition) is 3. The first-order chi connectivity index (χ1) is 9.06. The molecule has 0 aliphatic carbocycles. The molecule has 4 nitrogen and oxygen atoms in total. The quantitative estimate of drug-likeness (QED) is 0.449. The van der Waals surface area contributed by atoms with Gasteiger partial charge < -0.3 is 20.3 Å². The van der Waals surface area contributed by atoms with Crippen LogP contribution in [-0.4, -0.2) is 49.2 Å². The van der Waals surface area contributed by atoms with Crippen LogP contribution in [0, 0.1) is 11.8 Å². The SMILES string of the molecule is CC(C)CCCOCC(O)CNCCCC(C)CO. The Labute approximate surface area is 118 Å². The van der Waals surface area contributed by atoms with Crippen molar-refractivity contribution >= 4 is 0 Å². The van der Waals surface area contributed by atoms with Gasteiger partial charge in [-0.15, -0.1) is 0 Å². The van der Waals surface area contributed by atoms with Crippen LogP contribution in [-0.2, 0) is 4.74 Å². The summed E-state index contributed by atoms with van der Waals surface area (Å²) in [7, 11) is 0. The van der Waals surface area contributed by atoms with Crippen LogP contribution in [0.1, 0.15) is 46.5 Å². The molecule has 0 bridgehead atoms. The van der Waals surface area contributed by atoms with E-state index in [0.29, 0.717) is 19.1 Å². The van der Waals surface area contributed by atoms with Crippen molar-refractivity contribution in [2.45, 2.75) is 52.6 Å². The zero-order valence-electron chi connectivity index (χ0n) is 12.9. The van der Waals surface area contributed by atoms with E-state index in [1.807, 2.05) is 6.92 Å². The van der Waals surface area contributed by atoms with E-state index in [0.717, 1.165) is 38.3 Å². The third kappa shape index (κ3) is 14.1. The molecule has 3 N–H and O–H groups in total. The van der Waals surface area contributed by atoms with E-state index in [-0.39, 0.29) is 6.61 Å². The summed E-state index contributed by atoms with van der Waals surface area (Å²) in [6, 6.07) is 0. The number of nitrogens with one attached hydrogen (secondary N) is 1. The van der Waals surface area contributed by atoms with Gasteiger partial charge in [-0.3, -0.25) is 0 Å². The Morgan fingerprint density at radius 1 is 1.11 bits per heavy atom. The van der Waals surface area contributed by atoms with Gasteiger partial charge in [-0.25, -0.2) is 0 Å². The average Bonchev–Trinajstić information content (AvgIpc) is 2.37. The predicted octanol–water partition coefficient (Wildman–Crippen LogP) is 1.80. The summed E-state index contributed by atoms with van der Waals surface area (Å²) in [5.74, 6) is 1.09. The van der Waals surface area contributed by atoms with E-state index in [9.17, 15) is 5.11 Å². The Kier molecular flexibility index (Phi) is 12.7. The van der Waals surface area contributed by atoms with Gasteiger partial charge in [0.1, 0.15) is 0 Å². The summed E-state index contributed by atoms with van der Waals surface area (Å²) in [5, 5.41) is 21.8. The molecule has 0 aromatic heterocycles. The molecule has 116 valence electrons. The molecule has 4 heteroatoms. The molecule has 0 heterocycles. The molecule has 2 atom stereocenters. The van der Waals surface area contributed by atoms with Gasteiger partial charge in [0.15, 0.2) is 0 Å². The van der Waals surface area contributed by atoms with E-state index in [1.165, 1.54) is 6.42 Å². The molecule has 0 rings (SSSR count). The minimum atomic E-state index is -0.422. The molecule has 2 unspecified atom stereocenters. The van der Waals surface area contributed by atoms with Crippen LogP contribution >= 0.6 is 0 Å². The van der Waals surface area contributed by atoms with Crippen LogP contribution in [0.2, 0.25) is 0 Å². The second kappa shape index (κ2) is 12.9. The van der Waals surface area contributed by atoms with Crippen molar-refractivity contribution in [3.05, 3.63) is 0 Å². The molecular weight excluding hydrogens is 242 g/mol. The zero-order chi connectivity index (χ0) is 14.5. The molecule has 0 aromatic rings. The van der Waals surface area contributed by atoms with Crippen molar-refractivity contribution in [1.82, 2.24) is 5.32 Å². The molecule has 0 aliphatic rings. The number of rotatable bonds is 13. The van der Waals surface area contributed by atoms with Gasteiger partial charge in [0.2, 0.25) is 0 Å². The Morgan fingerprint density at radius 2 is 1.84 bits per heavy atom. The maximum Gasteiger partial charge on any atom is 0.0897 e. The largest absolute Gasteiger partial charge is 0.396 e. The Bertz CT molecular complexity index is 188. The van der Waals surface area contributed by atoms with Gasteiger partial charge in [-0.2, -0.15) is 0 Å². The predicted molar refractivity (Wildman–Crippen MR) is 79.3 cm³/mol. The van der Waals surface area contributed by atoms with Crippen LogP contribution in [0.4, 0.5) is 0 Å².